The number of benzene rings is 12. The van der Waals surface area contributed by atoms with Gasteiger partial charge < -0.3 is 79.6 Å². The van der Waals surface area contributed by atoms with E-state index in [2.05, 4.69) is 21.3 Å². The maximum absolute atomic E-state index is 13.3. The highest BCUT2D eigenvalue weighted by atomic mass is 35.5. The molecular formula is C101H88Cl2F4N4O16S4. The van der Waals surface area contributed by atoms with Crippen molar-refractivity contribution >= 4 is 132 Å². The summed E-state index contributed by atoms with van der Waals surface area (Å²) in [5.74, 6) is 5.45. The van der Waals surface area contributed by atoms with E-state index in [1.54, 1.807) is 158 Å². The number of ether oxygens (including phenoxy) is 8. The molecule has 0 aliphatic carbocycles. The quantitative estimate of drug-likeness (QED) is 0.0103. The van der Waals surface area contributed by atoms with Crippen LogP contribution in [0.25, 0.3) is 40.3 Å². The Balaban J connectivity index is 0.000000149. The molecule has 131 heavy (non-hydrogen) atoms. The van der Waals surface area contributed by atoms with Crippen molar-refractivity contribution in [2.75, 3.05) is 78.8 Å². The van der Waals surface area contributed by atoms with Crippen molar-refractivity contribution in [3.05, 3.63) is 330 Å². The summed E-state index contributed by atoms with van der Waals surface area (Å²) in [7, 11) is 0. The Morgan fingerprint density at radius 2 is 0.588 bits per heavy atom. The molecule has 0 saturated carbocycles. The van der Waals surface area contributed by atoms with Gasteiger partial charge in [0.1, 0.15) is 121 Å². The van der Waals surface area contributed by atoms with Crippen molar-refractivity contribution in [1.29, 1.82) is 0 Å². The molecule has 0 amide bonds. The molecule has 0 unspecified atom stereocenters. The maximum atomic E-state index is 13.3. The SMILES string of the molecule is CCNCCOc1ccc(Oc2c(C(=O)c3ccc(C(F)(F)F)cc3)sc3cc(O)ccc23)cc1.CCNCCOc1ccc(Oc2c(C(=O)c3ccc(Cl)cc3)sc3cc(O)ccc23)cc1.CCNCCOc1ccc(Oc2c(C(=O)c3ccc(F)cc3)sc3cc(O)ccc23)cc1.CCNCCOc1ccc(Oc2c(C(=O)c3ccccc3Cl)sc3cc(O)ccc23)cc1. The van der Waals surface area contributed by atoms with E-state index in [0.29, 0.717) is 134 Å². The molecule has 0 atom stereocenters. The van der Waals surface area contributed by atoms with Gasteiger partial charge in [0.15, 0.2) is 23.0 Å². The molecule has 16 rings (SSSR count). The molecule has 0 radical (unpaired) electrons. The highest BCUT2D eigenvalue weighted by Crippen LogP contribution is 2.49. The Hall–Kier alpha value is -13.1. The fourth-order valence-electron chi connectivity index (χ4n) is 13.0. The predicted molar refractivity (Wildman–Crippen MR) is 511 cm³/mol. The number of hydrogen-bond acceptors (Lipinski definition) is 24. The second-order valence-corrected chi connectivity index (χ2v) is 33.8. The van der Waals surface area contributed by atoms with Gasteiger partial charge in [-0.05, 0) is 269 Å². The average molecular weight is 1890 g/mol. The molecule has 0 spiro atoms. The highest BCUT2D eigenvalue weighted by molar-refractivity contribution is 7.22. The summed E-state index contributed by atoms with van der Waals surface area (Å²) in [5.41, 5.74) is 0.540. The molecule has 674 valence electrons. The number of halogens is 6. The lowest BCUT2D eigenvalue weighted by molar-refractivity contribution is -0.137. The molecule has 0 saturated heterocycles. The fraction of sp³-hybridized carbons (Fsp3) is 0.168. The van der Waals surface area contributed by atoms with Gasteiger partial charge in [0.2, 0.25) is 23.1 Å². The summed E-state index contributed by atoms with van der Waals surface area (Å²) in [4.78, 5) is 54.5. The third kappa shape index (κ3) is 25.5. The van der Waals surface area contributed by atoms with Gasteiger partial charge in [-0.25, -0.2) is 4.39 Å². The third-order valence-corrected chi connectivity index (χ3v) is 24.6. The van der Waals surface area contributed by atoms with E-state index in [0.717, 1.165) is 125 Å². The van der Waals surface area contributed by atoms with Crippen LogP contribution in [0.5, 0.6) is 92.0 Å². The molecule has 20 nitrogen and oxygen atoms in total. The molecule has 0 aliphatic rings. The Morgan fingerprint density at radius 1 is 0.328 bits per heavy atom. The average Bonchev–Trinajstić information content (AvgIpc) is 1.65. The van der Waals surface area contributed by atoms with Crippen LogP contribution in [0.4, 0.5) is 17.6 Å². The van der Waals surface area contributed by atoms with Crippen LogP contribution in [0.3, 0.4) is 0 Å². The molecular weight excluding hydrogens is 1800 g/mol. The van der Waals surface area contributed by atoms with Crippen molar-refractivity contribution < 1.29 is 95.1 Å². The van der Waals surface area contributed by atoms with Gasteiger partial charge in [0.25, 0.3) is 0 Å². The zero-order valence-electron chi connectivity index (χ0n) is 71.0. The predicted octanol–water partition coefficient (Wildman–Crippen LogP) is 24.9. The van der Waals surface area contributed by atoms with E-state index in [1.165, 1.54) is 70.4 Å². The molecule has 4 aromatic heterocycles. The minimum atomic E-state index is -4.49. The number of nitrogens with one attached hydrogen (secondary N) is 4. The van der Waals surface area contributed by atoms with Gasteiger partial charge >= 0.3 is 6.18 Å². The zero-order chi connectivity index (χ0) is 92.5. The summed E-state index contributed by atoms with van der Waals surface area (Å²) in [5, 5.41) is 56.1. The Kier molecular flexibility index (Phi) is 33.5. The number of thiophene rings is 4. The van der Waals surface area contributed by atoms with Crippen LogP contribution in [0.15, 0.2) is 267 Å². The third-order valence-electron chi connectivity index (χ3n) is 19.5. The van der Waals surface area contributed by atoms with Crippen molar-refractivity contribution in [3.8, 4) is 92.0 Å². The first-order chi connectivity index (χ1) is 63.4. The van der Waals surface area contributed by atoms with E-state index in [1.807, 2.05) is 76.2 Å². The van der Waals surface area contributed by atoms with Crippen LogP contribution in [0, 0.1) is 5.82 Å². The largest absolute Gasteiger partial charge is 0.508 e. The number of hydrogen-bond donors (Lipinski definition) is 8. The van der Waals surface area contributed by atoms with Crippen LogP contribution in [-0.2, 0) is 6.18 Å². The number of carbonyl (C=O) groups excluding carboxylic acids is 4. The topological polar surface area (TPSA) is 271 Å². The first-order valence-electron chi connectivity index (χ1n) is 41.5. The summed E-state index contributed by atoms with van der Waals surface area (Å²) < 4.78 is 102. The molecule has 12 aromatic carbocycles. The van der Waals surface area contributed by atoms with E-state index in [9.17, 15) is 57.2 Å². The van der Waals surface area contributed by atoms with Gasteiger partial charge in [0.05, 0.1) is 10.6 Å². The highest BCUT2D eigenvalue weighted by Gasteiger charge is 2.32. The molecule has 4 heterocycles. The second kappa shape index (κ2) is 45.9. The van der Waals surface area contributed by atoms with Crippen molar-refractivity contribution in [3.63, 3.8) is 0 Å². The van der Waals surface area contributed by atoms with Crippen LogP contribution < -0.4 is 59.2 Å². The number of rotatable bonds is 36. The lowest BCUT2D eigenvalue weighted by Gasteiger charge is -2.10. The number of fused-ring (bicyclic) bond motifs is 4. The molecule has 0 fully saturated rings. The number of likely N-dealkylation sites (N-methyl/N-ethyl adjacent to an activating group) is 4. The summed E-state index contributed by atoms with van der Waals surface area (Å²) in [6.45, 7) is 16.9. The van der Waals surface area contributed by atoms with Crippen molar-refractivity contribution in [1.82, 2.24) is 21.3 Å². The van der Waals surface area contributed by atoms with E-state index < -0.39 is 23.3 Å². The first kappa shape index (κ1) is 95.5. The van der Waals surface area contributed by atoms with Crippen molar-refractivity contribution in [2.45, 2.75) is 33.9 Å². The van der Waals surface area contributed by atoms with Crippen LogP contribution in [0.2, 0.25) is 10.0 Å². The molecule has 30 heteroatoms. The molecule has 16 aromatic rings. The summed E-state index contributed by atoms with van der Waals surface area (Å²) in [6, 6.07) is 71.2. The number of carbonyl (C=O) groups is 4. The van der Waals surface area contributed by atoms with E-state index in [4.69, 9.17) is 61.1 Å². The fourth-order valence-corrected chi connectivity index (χ4v) is 17.8. The summed E-state index contributed by atoms with van der Waals surface area (Å²) >= 11 is 17.1. The van der Waals surface area contributed by atoms with Crippen LogP contribution >= 0.6 is 68.5 Å². The van der Waals surface area contributed by atoms with Crippen molar-refractivity contribution in [2.24, 2.45) is 0 Å². The first-order valence-corrected chi connectivity index (χ1v) is 45.5. The normalized spacial score (nSPS) is 11.1. The number of alkyl halides is 3. The number of ketones is 4. The van der Waals surface area contributed by atoms with Gasteiger partial charge in [-0.1, -0.05) is 75.2 Å². The Morgan fingerprint density at radius 3 is 0.863 bits per heavy atom. The van der Waals surface area contributed by atoms with Gasteiger partial charge in [-0.3, -0.25) is 19.2 Å². The Labute approximate surface area is 777 Å². The second-order valence-electron chi connectivity index (χ2n) is 28.8. The molecule has 0 bridgehead atoms. The minimum absolute atomic E-state index is 0.0258. The van der Waals surface area contributed by atoms with E-state index in [-0.39, 0.29) is 56.5 Å². The van der Waals surface area contributed by atoms with Crippen LogP contribution in [0.1, 0.15) is 94.2 Å². The van der Waals surface area contributed by atoms with Gasteiger partial charge in [0, 0.05) is 93.8 Å². The lowest BCUT2D eigenvalue weighted by atomic mass is 10.1. The molecule has 0 aliphatic heterocycles. The minimum Gasteiger partial charge on any atom is -0.508 e. The monoisotopic (exact) mass is 1890 g/mol. The number of phenols is 4. The standard InChI is InChI=1S/C26H22F3NO4S.2C25H22ClNO4S.C25H22FNO4S/c1-2-30-13-14-33-19-8-10-20(11-9-19)34-24-21-12-7-18(31)15-22(21)35-25(24)23(32)16-3-5-17(6-4-16)26(27,28)29;1-2-27-13-14-30-19-8-10-20(11-9-19)31-24-21-12-7-18(28)15-22(21)32-25(24)23(29)16-3-5-17(26)6-4-16;1-2-27-13-14-30-17-8-10-18(11-9-17)31-24-20-12-7-16(28)15-22(20)32-25(24)23(29)19-5-3-4-6-21(19)26;1-2-27-13-14-30-19-8-10-20(11-9-19)31-24-21-12-7-18(28)15-22(21)32-25(24)23(29)16-3-5-17(26)6-4-16/h3-12,15,30-31H,2,13-14H2,1H3;3*3-12,15,27-28H,2,13-14H2,1H3. The Bertz CT molecular complexity index is 6390. The molecule has 8 N–H and O–H groups in total. The lowest BCUT2D eigenvalue weighted by Crippen LogP contribution is -2.20. The van der Waals surface area contributed by atoms with E-state index >= 15 is 0 Å². The van der Waals surface area contributed by atoms with Gasteiger partial charge in [-0.15, -0.1) is 45.3 Å². The summed E-state index contributed by atoms with van der Waals surface area (Å²) in [6.07, 6.45) is -4.49. The maximum Gasteiger partial charge on any atom is 0.416 e. The number of phenolic OH excluding ortho intramolecular Hbond substituents is 4. The van der Waals surface area contributed by atoms with Gasteiger partial charge in [-0.2, -0.15) is 13.2 Å². The number of aromatic hydroxyl groups is 4. The smallest absolute Gasteiger partial charge is 0.416 e. The zero-order valence-corrected chi connectivity index (χ0v) is 75.8. The van der Waals surface area contributed by atoms with Crippen LogP contribution in [-0.4, -0.2) is 122 Å².